The molecule has 108 valence electrons. The summed E-state index contributed by atoms with van der Waals surface area (Å²) in [5.74, 6) is -0.685. The fraction of sp³-hybridized carbons (Fsp3) is 0.500. The summed E-state index contributed by atoms with van der Waals surface area (Å²) in [5, 5.41) is 11.9. The zero-order valence-corrected chi connectivity index (χ0v) is 11.9. The number of carboxylic acids is 1. The number of carbonyl (C=O) groups is 2. The number of carboxylic acid groups (broad SMARTS) is 1. The number of thioether (sulfide) groups is 1. The molecule has 5 nitrogen and oxygen atoms in total. The first kappa shape index (κ1) is 14.8. The predicted molar refractivity (Wildman–Crippen MR) is 76.4 cm³/mol. The molecule has 1 aromatic rings. The Labute approximate surface area is 122 Å². The summed E-state index contributed by atoms with van der Waals surface area (Å²) >= 11 is 1.45. The van der Waals surface area contributed by atoms with Crippen LogP contribution in [0.4, 0.5) is 0 Å². The number of rotatable bonds is 6. The number of nitrogens with one attached hydrogen (secondary N) is 1. The maximum Gasteiger partial charge on any atom is 0.306 e. The Balaban J connectivity index is 1.71. The van der Waals surface area contributed by atoms with Crippen LogP contribution in [-0.2, 0) is 9.59 Å². The van der Waals surface area contributed by atoms with Crippen LogP contribution in [0.5, 0.6) is 0 Å². The topological polar surface area (TPSA) is 79.3 Å². The van der Waals surface area contributed by atoms with Gasteiger partial charge in [-0.25, -0.2) is 0 Å². The minimum Gasteiger partial charge on any atom is -0.481 e. The second-order valence-electron chi connectivity index (χ2n) is 4.91. The van der Waals surface area contributed by atoms with E-state index < -0.39 is 5.97 Å². The van der Waals surface area contributed by atoms with Crippen molar-refractivity contribution < 1.29 is 14.7 Å². The van der Waals surface area contributed by atoms with E-state index >= 15 is 0 Å². The van der Waals surface area contributed by atoms with Crippen molar-refractivity contribution in [3.63, 3.8) is 0 Å². The summed E-state index contributed by atoms with van der Waals surface area (Å²) < 4.78 is 0. The monoisotopic (exact) mass is 294 g/mol. The van der Waals surface area contributed by atoms with Crippen molar-refractivity contribution in [3.05, 3.63) is 24.5 Å². The number of nitrogens with zero attached hydrogens (tertiary/aromatic N) is 1. The summed E-state index contributed by atoms with van der Waals surface area (Å²) in [5.41, 5.74) is 0. The highest BCUT2D eigenvalue weighted by Gasteiger charge is 2.32. The van der Waals surface area contributed by atoms with E-state index in [1.54, 1.807) is 12.4 Å². The third-order valence-corrected chi connectivity index (χ3v) is 4.57. The Hall–Kier alpha value is -1.56. The lowest BCUT2D eigenvalue weighted by atomic mass is 9.96. The molecule has 20 heavy (non-hydrogen) atoms. The van der Waals surface area contributed by atoms with Gasteiger partial charge in [-0.1, -0.05) is 6.42 Å². The smallest absolute Gasteiger partial charge is 0.306 e. The lowest BCUT2D eigenvalue weighted by Crippen LogP contribution is -2.33. The van der Waals surface area contributed by atoms with E-state index in [0.29, 0.717) is 12.3 Å². The van der Waals surface area contributed by atoms with E-state index in [-0.39, 0.29) is 17.7 Å². The van der Waals surface area contributed by atoms with Crippen molar-refractivity contribution in [2.45, 2.75) is 24.2 Å². The van der Waals surface area contributed by atoms with Crippen LogP contribution >= 0.6 is 11.8 Å². The molecule has 0 bridgehead atoms. The van der Waals surface area contributed by atoms with Crippen molar-refractivity contribution in [2.24, 2.45) is 11.8 Å². The first-order chi connectivity index (χ1) is 9.66. The Morgan fingerprint density at radius 2 is 2.10 bits per heavy atom. The summed E-state index contributed by atoms with van der Waals surface area (Å²) in [4.78, 5) is 27.7. The van der Waals surface area contributed by atoms with Gasteiger partial charge in [0.25, 0.3) is 0 Å². The molecule has 2 unspecified atom stereocenters. The molecule has 1 aliphatic carbocycles. The fourth-order valence-electron chi connectivity index (χ4n) is 2.49. The van der Waals surface area contributed by atoms with E-state index in [1.165, 1.54) is 11.8 Å². The lowest BCUT2D eigenvalue weighted by Gasteiger charge is -2.16. The van der Waals surface area contributed by atoms with Gasteiger partial charge in [0.15, 0.2) is 0 Å². The van der Waals surface area contributed by atoms with Gasteiger partial charge in [0.2, 0.25) is 5.91 Å². The number of hydrogen-bond donors (Lipinski definition) is 2. The SMILES string of the molecule is O=C(CSc1ccncc1)NCC1CCCC1C(=O)O. The van der Waals surface area contributed by atoms with Gasteiger partial charge < -0.3 is 10.4 Å². The number of pyridine rings is 1. The van der Waals surface area contributed by atoms with Crippen LogP contribution in [-0.4, -0.2) is 34.3 Å². The molecule has 0 saturated heterocycles. The molecule has 2 atom stereocenters. The molecule has 1 aromatic heterocycles. The minimum atomic E-state index is -0.743. The van der Waals surface area contributed by atoms with Crippen molar-refractivity contribution in [1.82, 2.24) is 10.3 Å². The Morgan fingerprint density at radius 3 is 2.80 bits per heavy atom. The molecule has 1 amide bonds. The Kier molecular flexibility index (Phi) is 5.40. The molecule has 6 heteroatoms. The van der Waals surface area contributed by atoms with Gasteiger partial charge in [-0.05, 0) is 30.9 Å². The number of aromatic nitrogens is 1. The molecule has 0 spiro atoms. The van der Waals surface area contributed by atoms with E-state index in [0.717, 1.165) is 24.2 Å². The fourth-order valence-corrected chi connectivity index (χ4v) is 3.20. The van der Waals surface area contributed by atoms with Crippen LogP contribution in [0.3, 0.4) is 0 Å². The van der Waals surface area contributed by atoms with Crippen molar-refractivity contribution >= 4 is 23.6 Å². The van der Waals surface area contributed by atoms with Crippen LogP contribution < -0.4 is 5.32 Å². The van der Waals surface area contributed by atoms with Gasteiger partial charge in [0.1, 0.15) is 0 Å². The van der Waals surface area contributed by atoms with Gasteiger partial charge in [-0.2, -0.15) is 0 Å². The molecule has 1 fully saturated rings. The second-order valence-corrected chi connectivity index (χ2v) is 5.96. The number of aliphatic carboxylic acids is 1. The van der Waals surface area contributed by atoms with Crippen LogP contribution in [0.2, 0.25) is 0 Å². The number of amides is 1. The van der Waals surface area contributed by atoms with Crippen molar-refractivity contribution in [2.75, 3.05) is 12.3 Å². The highest BCUT2D eigenvalue weighted by molar-refractivity contribution is 8.00. The van der Waals surface area contributed by atoms with Crippen molar-refractivity contribution in [3.8, 4) is 0 Å². The molecule has 1 heterocycles. The standard InChI is InChI=1S/C14H18N2O3S/c17-13(9-20-11-4-6-15-7-5-11)16-8-10-2-1-3-12(10)14(18)19/h4-7,10,12H,1-3,8-9H2,(H,16,17)(H,18,19). The van der Waals surface area contributed by atoms with Crippen molar-refractivity contribution in [1.29, 1.82) is 0 Å². The minimum absolute atomic E-state index is 0.0529. The molecule has 1 aliphatic rings. The third-order valence-electron chi connectivity index (χ3n) is 3.56. The van der Waals surface area contributed by atoms with Gasteiger partial charge in [-0.15, -0.1) is 11.8 Å². The van der Waals surface area contributed by atoms with Gasteiger partial charge in [0, 0.05) is 23.8 Å². The molecule has 2 N–H and O–H groups in total. The summed E-state index contributed by atoms with van der Waals surface area (Å²) in [6.45, 7) is 0.465. The first-order valence-electron chi connectivity index (χ1n) is 6.69. The van der Waals surface area contributed by atoms with Gasteiger partial charge in [0.05, 0.1) is 11.7 Å². The first-order valence-corrected chi connectivity index (χ1v) is 7.67. The number of hydrogen-bond acceptors (Lipinski definition) is 4. The van der Waals surface area contributed by atoms with E-state index in [4.69, 9.17) is 5.11 Å². The maximum atomic E-state index is 11.8. The second kappa shape index (κ2) is 7.28. The third kappa shape index (κ3) is 4.23. The average Bonchev–Trinajstić information content (AvgIpc) is 2.92. The predicted octanol–water partition coefficient (Wildman–Crippen LogP) is 1.79. The average molecular weight is 294 g/mol. The molecular weight excluding hydrogens is 276 g/mol. The van der Waals surface area contributed by atoms with Crippen LogP contribution in [0.15, 0.2) is 29.4 Å². The zero-order chi connectivity index (χ0) is 14.4. The molecule has 1 saturated carbocycles. The Morgan fingerprint density at radius 1 is 1.35 bits per heavy atom. The van der Waals surface area contributed by atoms with Crippen LogP contribution in [0.25, 0.3) is 0 Å². The lowest BCUT2D eigenvalue weighted by molar-refractivity contribution is -0.143. The zero-order valence-electron chi connectivity index (χ0n) is 11.1. The van der Waals surface area contributed by atoms with E-state index in [1.807, 2.05) is 12.1 Å². The molecular formula is C14H18N2O3S. The summed E-state index contributed by atoms with van der Waals surface area (Å²) in [6.07, 6.45) is 5.92. The molecule has 0 aliphatic heterocycles. The number of carbonyl (C=O) groups excluding carboxylic acids is 1. The molecule has 2 rings (SSSR count). The molecule has 0 aromatic carbocycles. The van der Waals surface area contributed by atoms with E-state index in [2.05, 4.69) is 10.3 Å². The van der Waals surface area contributed by atoms with Crippen LogP contribution in [0, 0.1) is 11.8 Å². The largest absolute Gasteiger partial charge is 0.481 e. The molecule has 0 radical (unpaired) electrons. The summed E-state index contributed by atoms with van der Waals surface area (Å²) in [7, 11) is 0. The maximum absolute atomic E-state index is 11.8. The quantitative estimate of drug-likeness (QED) is 0.782. The summed E-state index contributed by atoms with van der Waals surface area (Å²) in [6, 6.07) is 3.71. The van der Waals surface area contributed by atoms with Crippen LogP contribution in [0.1, 0.15) is 19.3 Å². The highest BCUT2D eigenvalue weighted by Crippen LogP contribution is 2.31. The Bertz CT molecular complexity index is 467. The van der Waals surface area contributed by atoms with E-state index in [9.17, 15) is 9.59 Å². The van der Waals surface area contributed by atoms with Gasteiger partial charge >= 0.3 is 5.97 Å². The highest BCUT2D eigenvalue weighted by atomic mass is 32.2. The van der Waals surface area contributed by atoms with Gasteiger partial charge in [-0.3, -0.25) is 14.6 Å². The normalized spacial score (nSPS) is 21.6.